The van der Waals surface area contributed by atoms with Gasteiger partial charge >= 0.3 is 6.03 Å². The summed E-state index contributed by atoms with van der Waals surface area (Å²) in [5.41, 5.74) is 2.14. The van der Waals surface area contributed by atoms with Crippen LogP contribution >= 0.6 is 0 Å². The number of aromatic nitrogens is 2. The Bertz CT molecular complexity index is 797. The van der Waals surface area contributed by atoms with E-state index in [4.69, 9.17) is 4.52 Å². The van der Waals surface area contributed by atoms with Gasteiger partial charge in [-0.15, -0.1) is 0 Å². The van der Waals surface area contributed by atoms with Crippen LogP contribution in [0.25, 0.3) is 11.4 Å². The molecule has 1 aliphatic heterocycles. The number of amides is 2. The lowest BCUT2D eigenvalue weighted by Crippen LogP contribution is -2.47. The number of likely N-dealkylation sites (N-methyl/N-ethyl adjacent to an activating group) is 1. The predicted octanol–water partition coefficient (Wildman–Crippen LogP) is 3.42. The topological polar surface area (TPSA) is 83.3 Å². The Kier molecular flexibility index (Phi) is 5.62. The van der Waals surface area contributed by atoms with Gasteiger partial charge in [-0.3, -0.25) is 4.90 Å². The largest absolute Gasteiger partial charge is 0.337 e. The minimum absolute atomic E-state index is 0.0201. The number of carbonyl (C=O) groups is 1. The summed E-state index contributed by atoms with van der Waals surface area (Å²) < 4.78 is 5.55. The highest BCUT2D eigenvalue weighted by molar-refractivity contribution is 5.74. The summed E-state index contributed by atoms with van der Waals surface area (Å²) in [5, 5.41) is 10.4. The molecule has 4 rings (SSSR count). The van der Waals surface area contributed by atoms with Crippen LogP contribution in [0, 0.1) is 6.92 Å². The second-order valence-electron chi connectivity index (χ2n) is 8.16. The van der Waals surface area contributed by atoms with Gasteiger partial charge in [0.2, 0.25) is 11.7 Å². The van der Waals surface area contributed by atoms with Gasteiger partial charge in [-0.25, -0.2) is 4.79 Å². The summed E-state index contributed by atoms with van der Waals surface area (Å²) >= 11 is 0. The number of nitrogens with zero attached hydrogens (tertiary/aromatic N) is 3. The van der Waals surface area contributed by atoms with Crippen LogP contribution in [0.3, 0.4) is 0 Å². The fourth-order valence-electron chi connectivity index (χ4n) is 4.24. The molecule has 0 bridgehead atoms. The summed E-state index contributed by atoms with van der Waals surface area (Å²) in [6.07, 6.45) is 6.64. The molecule has 1 saturated heterocycles. The van der Waals surface area contributed by atoms with Crippen LogP contribution in [0.2, 0.25) is 0 Å². The first-order valence-electron chi connectivity index (χ1n) is 10.3. The van der Waals surface area contributed by atoms with Gasteiger partial charge < -0.3 is 15.2 Å². The van der Waals surface area contributed by atoms with E-state index in [9.17, 15) is 4.79 Å². The Labute approximate surface area is 165 Å². The van der Waals surface area contributed by atoms with Crippen LogP contribution in [-0.2, 0) is 0 Å². The standard InChI is InChI=1S/C21H29N5O2/c1-14-8-10-15(11-9-14)19-24-20(28-25-19)18-12-17(13-26(18)2)23-21(27)22-16-6-4-3-5-7-16/h8-11,16-18H,3-7,12-13H2,1-2H3,(H2,22,23,27)/t17-,18-/m0/s1. The van der Waals surface area contributed by atoms with E-state index in [0.29, 0.717) is 17.8 Å². The maximum atomic E-state index is 12.3. The maximum absolute atomic E-state index is 12.3. The van der Waals surface area contributed by atoms with Crippen LogP contribution in [0.4, 0.5) is 4.79 Å². The number of likely N-dealkylation sites (tertiary alicyclic amines) is 1. The number of carbonyl (C=O) groups excluding carboxylic acids is 1. The molecule has 0 unspecified atom stereocenters. The molecular formula is C21H29N5O2. The molecule has 2 aromatic rings. The van der Waals surface area contributed by atoms with E-state index in [-0.39, 0.29) is 18.1 Å². The van der Waals surface area contributed by atoms with Gasteiger partial charge in [-0.1, -0.05) is 54.2 Å². The van der Waals surface area contributed by atoms with Gasteiger partial charge in [-0.05, 0) is 33.2 Å². The quantitative estimate of drug-likeness (QED) is 0.845. The highest BCUT2D eigenvalue weighted by atomic mass is 16.5. The summed E-state index contributed by atoms with van der Waals surface area (Å²) in [6.45, 7) is 2.82. The van der Waals surface area contributed by atoms with Crippen molar-refractivity contribution in [2.45, 2.75) is 63.6 Å². The molecule has 2 fully saturated rings. The molecule has 7 nitrogen and oxygen atoms in total. The van der Waals surface area contributed by atoms with Crippen LogP contribution in [-0.4, -0.2) is 46.7 Å². The lowest BCUT2D eigenvalue weighted by molar-refractivity contribution is 0.228. The highest BCUT2D eigenvalue weighted by Crippen LogP contribution is 2.31. The molecule has 1 aliphatic carbocycles. The molecule has 2 atom stereocenters. The Morgan fingerprint density at radius 2 is 1.82 bits per heavy atom. The van der Waals surface area contributed by atoms with Gasteiger partial charge in [0.25, 0.3) is 0 Å². The molecular weight excluding hydrogens is 354 g/mol. The number of rotatable bonds is 4. The number of hydrogen-bond acceptors (Lipinski definition) is 5. The Balaban J connectivity index is 1.35. The molecule has 0 radical (unpaired) electrons. The Morgan fingerprint density at radius 1 is 1.11 bits per heavy atom. The van der Waals surface area contributed by atoms with Crippen molar-refractivity contribution in [1.82, 2.24) is 25.7 Å². The lowest BCUT2D eigenvalue weighted by Gasteiger charge is -2.24. The molecule has 2 N–H and O–H groups in total. The van der Waals surface area contributed by atoms with E-state index in [2.05, 4.69) is 32.6 Å². The second-order valence-corrected chi connectivity index (χ2v) is 8.16. The normalized spacial score (nSPS) is 23.6. The molecule has 2 amide bonds. The van der Waals surface area contributed by atoms with E-state index >= 15 is 0 Å². The third-order valence-electron chi connectivity index (χ3n) is 5.86. The second kappa shape index (κ2) is 8.31. The minimum atomic E-state index is -0.0585. The van der Waals surface area contributed by atoms with E-state index in [1.165, 1.54) is 24.8 Å². The summed E-state index contributed by atoms with van der Waals surface area (Å²) in [7, 11) is 2.03. The zero-order valence-electron chi connectivity index (χ0n) is 16.6. The average Bonchev–Trinajstić information content (AvgIpc) is 3.30. The van der Waals surface area contributed by atoms with E-state index < -0.39 is 0 Å². The van der Waals surface area contributed by atoms with Crippen molar-refractivity contribution in [1.29, 1.82) is 0 Å². The first kappa shape index (κ1) is 18.9. The predicted molar refractivity (Wildman–Crippen MR) is 107 cm³/mol. The fourth-order valence-corrected chi connectivity index (χ4v) is 4.24. The molecule has 2 aliphatic rings. The Morgan fingerprint density at radius 3 is 2.57 bits per heavy atom. The zero-order valence-corrected chi connectivity index (χ0v) is 16.6. The summed E-state index contributed by atoms with van der Waals surface area (Å²) in [5.74, 6) is 1.21. The minimum Gasteiger partial charge on any atom is -0.337 e. The maximum Gasteiger partial charge on any atom is 0.315 e. The smallest absolute Gasteiger partial charge is 0.315 e. The summed E-state index contributed by atoms with van der Waals surface area (Å²) in [6, 6.07) is 8.44. The van der Waals surface area contributed by atoms with Gasteiger partial charge in [0.05, 0.1) is 6.04 Å². The van der Waals surface area contributed by atoms with E-state index in [0.717, 1.165) is 31.4 Å². The number of nitrogens with one attached hydrogen (secondary N) is 2. The number of benzene rings is 1. The number of urea groups is 1. The summed E-state index contributed by atoms with van der Waals surface area (Å²) in [4.78, 5) is 19.1. The van der Waals surface area contributed by atoms with Crippen molar-refractivity contribution in [2.75, 3.05) is 13.6 Å². The molecule has 0 spiro atoms. The Hall–Kier alpha value is -2.41. The van der Waals surface area contributed by atoms with Crippen molar-refractivity contribution in [2.24, 2.45) is 0 Å². The number of hydrogen-bond donors (Lipinski definition) is 2. The van der Waals surface area contributed by atoms with Crippen molar-refractivity contribution >= 4 is 6.03 Å². The van der Waals surface area contributed by atoms with Crippen molar-refractivity contribution in [3.8, 4) is 11.4 Å². The van der Waals surface area contributed by atoms with E-state index in [1.807, 2.05) is 31.3 Å². The average molecular weight is 383 g/mol. The molecule has 7 heteroatoms. The van der Waals surface area contributed by atoms with Crippen molar-refractivity contribution < 1.29 is 9.32 Å². The molecule has 1 aromatic carbocycles. The van der Waals surface area contributed by atoms with Gasteiger partial charge in [0.15, 0.2) is 0 Å². The van der Waals surface area contributed by atoms with Gasteiger partial charge in [0.1, 0.15) is 0 Å². The van der Waals surface area contributed by atoms with Crippen LogP contribution < -0.4 is 10.6 Å². The number of aryl methyl sites for hydroxylation is 1. The zero-order chi connectivity index (χ0) is 19.5. The third kappa shape index (κ3) is 4.35. The van der Waals surface area contributed by atoms with Gasteiger partial charge in [-0.2, -0.15) is 4.98 Å². The van der Waals surface area contributed by atoms with Crippen molar-refractivity contribution in [3.63, 3.8) is 0 Å². The highest BCUT2D eigenvalue weighted by Gasteiger charge is 2.35. The first-order chi connectivity index (χ1) is 13.6. The van der Waals surface area contributed by atoms with Crippen molar-refractivity contribution in [3.05, 3.63) is 35.7 Å². The SMILES string of the molecule is Cc1ccc(-c2noc([C@@H]3C[C@H](NC(=O)NC4CCCCC4)CN3C)n2)cc1. The molecule has 1 saturated carbocycles. The van der Waals surface area contributed by atoms with Crippen LogP contribution in [0.5, 0.6) is 0 Å². The van der Waals surface area contributed by atoms with E-state index in [1.54, 1.807) is 0 Å². The van der Waals surface area contributed by atoms with Crippen LogP contribution in [0.15, 0.2) is 28.8 Å². The van der Waals surface area contributed by atoms with Crippen LogP contribution in [0.1, 0.15) is 56.0 Å². The molecule has 150 valence electrons. The monoisotopic (exact) mass is 383 g/mol. The van der Waals surface area contributed by atoms with Gasteiger partial charge in [0, 0.05) is 24.2 Å². The lowest BCUT2D eigenvalue weighted by atomic mass is 9.96. The third-order valence-corrected chi connectivity index (χ3v) is 5.86. The molecule has 28 heavy (non-hydrogen) atoms. The fraction of sp³-hybridized carbons (Fsp3) is 0.571. The molecule has 1 aromatic heterocycles. The molecule has 2 heterocycles. The first-order valence-corrected chi connectivity index (χ1v) is 10.3.